The molecule has 7 heteroatoms. The normalized spacial score (nSPS) is 11.2. The Balaban J connectivity index is 1.83. The molecule has 1 rings (SSSR count). The van der Waals surface area contributed by atoms with Crippen LogP contribution < -0.4 is 4.74 Å². The first-order chi connectivity index (χ1) is 16.9. The maximum atomic E-state index is 8.57. The smallest absolute Gasteiger partial charge is 0.119 e. The van der Waals surface area contributed by atoms with Crippen LogP contribution in [0.5, 0.6) is 5.75 Å². The second-order valence-corrected chi connectivity index (χ2v) is 8.15. The maximum absolute atomic E-state index is 8.57. The van der Waals surface area contributed by atoms with Gasteiger partial charge in [-0.15, -0.1) is 0 Å². The van der Waals surface area contributed by atoms with E-state index in [0.717, 1.165) is 12.2 Å². The summed E-state index contributed by atoms with van der Waals surface area (Å²) in [5.74, 6) is 0.891. The first kappa shape index (κ1) is 30.8. The molecule has 1 aromatic rings. The van der Waals surface area contributed by atoms with Gasteiger partial charge in [-0.25, -0.2) is 0 Å². The Hall–Kier alpha value is -1.22. The molecule has 0 atom stereocenters. The molecule has 0 unspecified atom stereocenters. The summed E-state index contributed by atoms with van der Waals surface area (Å²) in [6.07, 6.45) is 10.6. The number of rotatable bonds is 26. The van der Waals surface area contributed by atoms with E-state index in [9.17, 15) is 0 Å². The minimum absolute atomic E-state index is 0.0375. The van der Waals surface area contributed by atoms with E-state index in [2.05, 4.69) is 31.2 Å². The average molecular weight is 485 g/mol. The minimum Gasteiger partial charge on any atom is -0.491 e. The monoisotopic (exact) mass is 484 g/mol. The van der Waals surface area contributed by atoms with E-state index in [4.69, 9.17) is 33.5 Å². The SMILES string of the molecule is CCCCCCCCCc1ccc(OCCOCCOCCOCCOCCOCCO)cc1. The highest BCUT2D eigenvalue weighted by Crippen LogP contribution is 2.15. The third-order valence-corrected chi connectivity index (χ3v) is 5.21. The van der Waals surface area contributed by atoms with Crippen LogP contribution in [-0.2, 0) is 30.1 Å². The first-order valence-electron chi connectivity index (χ1n) is 13.1. The van der Waals surface area contributed by atoms with Crippen molar-refractivity contribution in [3.05, 3.63) is 29.8 Å². The van der Waals surface area contributed by atoms with Crippen LogP contribution in [0.25, 0.3) is 0 Å². The van der Waals surface area contributed by atoms with Crippen molar-refractivity contribution >= 4 is 0 Å². The number of benzene rings is 1. The largest absolute Gasteiger partial charge is 0.491 e. The molecule has 0 aliphatic carbocycles. The summed E-state index contributed by atoms with van der Waals surface area (Å²) in [4.78, 5) is 0. The molecule has 0 spiro atoms. The Labute approximate surface area is 207 Å². The third-order valence-electron chi connectivity index (χ3n) is 5.21. The van der Waals surface area contributed by atoms with E-state index in [0.29, 0.717) is 72.7 Å². The van der Waals surface area contributed by atoms with Crippen LogP contribution in [-0.4, -0.2) is 84.4 Å². The van der Waals surface area contributed by atoms with E-state index >= 15 is 0 Å². The van der Waals surface area contributed by atoms with Gasteiger partial charge in [0.25, 0.3) is 0 Å². The zero-order valence-electron chi connectivity index (χ0n) is 21.3. The summed E-state index contributed by atoms with van der Waals surface area (Å²) in [6, 6.07) is 8.44. The zero-order valence-corrected chi connectivity index (χ0v) is 21.3. The molecule has 0 saturated carbocycles. The van der Waals surface area contributed by atoms with Crippen molar-refractivity contribution in [2.24, 2.45) is 0 Å². The molecule has 0 heterocycles. The summed E-state index contributed by atoms with van der Waals surface area (Å²) < 4.78 is 32.6. The Morgan fingerprint density at radius 2 is 0.971 bits per heavy atom. The molecule has 1 aromatic carbocycles. The molecule has 1 N–H and O–H groups in total. The summed E-state index contributed by atoms with van der Waals surface area (Å²) >= 11 is 0. The molecule has 7 nitrogen and oxygen atoms in total. The van der Waals surface area contributed by atoms with Crippen molar-refractivity contribution in [1.82, 2.24) is 0 Å². The van der Waals surface area contributed by atoms with Crippen LogP contribution in [0.15, 0.2) is 24.3 Å². The predicted molar refractivity (Wildman–Crippen MR) is 135 cm³/mol. The van der Waals surface area contributed by atoms with Gasteiger partial charge in [0.1, 0.15) is 12.4 Å². The summed E-state index contributed by atoms with van der Waals surface area (Å²) in [5, 5.41) is 8.57. The van der Waals surface area contributed by atoms with Crippen molar-refractivity contribution in [1.29, 1.82) is 0 Å². The molecular formula is C27H48O7. The summed E-state index contributed by atoms with van der Waals surface area (Å²) in [5.41, 5.74) is 1.38. The molecule has 0 aromatic heterocycles. The Morgan fingerprint density at radius 1 is 0.529 bits per heavy atom. The topological polar surface area (TPSA) is 75.6 Å². The number of aliphatic hydroxyl groups is 1. The second kappa shape index (κ2) is 24.9. The van der Waals surface area contributed by atoms with Gasteiger partial charge in [-0.1, -0.05) is 57.6 Å². The van der Waals surface area contributed by atoms with Crippen molar-refractivity contribution in [3.8, 4) is 5.75 Å². The number of aryl methyl sites for hydroxylation is 1. The van der Waals surface area contributed by atoms with E-state index in [1.54, 1.807) is 0 Å². The fourth-order valence-corrected chi connectivity index (χ4v) is 3.30. The molecule has 198 valence electrons. The van der Waals surface area contributed by atoms with Crippen molar-refractivity contribution in [3.63, 3.8) is 0 Å². The Kier molecular flexibility index (Phi) is 22.6. The van der Waals surface area contributed by atoms with E-state index in [-0.39, 0.29) is 6.61 Å². The van der Waals surface area contributed by atoms with Gasteiger partial charge in [0.05, 0.1) is 72.7 Å². The van der Waals surface area contributed by atoms with Gasteiger partial charge in [0.2, 0.25) is 0 Å². The lowest BCUT2D eigenvalue weighted by atomic mass is 10.0. The van der Waals surface area contributed by atoms with Crippen LogP contribution >= 0.6 is 0 Å². The van der Waals surface area contributed by atoms with Crippen LogP contribution in [0.1, 0.15) is 57.4 Å². The molecule has 34 heavy (non-hydrogen) atoms. The second-order valence-electron chi connectivity index (χ2n) is 8.15. The van der Waals surface area contributed by atoms with Gasteiger partial charge in [-0.3, -0.25) is 0 Å². The van der Waals surface area contributed by atoms with Crippen LogP contribution in [0.3, 0.4) is 0 Å². The molecule has 0 saturated heterocycles. The predicted octanol–water partition coefficient (Wildman–Crippen LogP) is 4.43. The van der Waals surface area contributed by atoms with Crippen LogP contribution in [0, 0.1) is 0 Å². The van der Waals surface area contributed by atoms with Crippen LogP contribution in [0.2, 0.25) is 0 Å². The maximum Gasteiger partial charge on any atom is 0.119 e. The van der Waals surface area contributed by atoms with Crippen molar-refractivity contribution < 1.29 is 33.5 Å². The molecule has 0 aliphatic rings. The summed E-state index contributed by atoms with van der Waals surface area (Å²) in [7, 11) is 0. The van der Waals surface area contributed by atoms with Gasteiger partial charge >= 0.3 is 0 Å². The van der Waals surface area contributed by atoms with Gasteiger partial charge in [0.15, 0.2) is 0 Å². The quantitative estimate of drug-likeness (QED) is 0.195. The number of hydrogen-bond donors (Lipinski definition) is 1. The number of ether oxygens (including phenoxy) is 6. The van der Waals surface area contributed by atoms with Crippen molar-refractivity contribution in [2.45, 2.75) is 58.3 Å². The van der Waals surface area contributed by atoms with E-state index in [1.165, 1.54) is 50.5 Å². The van der Waals surface area contributed by atoms with Crippen LogP contribution in [0.4, 0.5) is 0 Å². The van der Waals surface area contributed by atoms with Gasteiger partial charge in [-0.2, -0.15) is 0 Å². The fourth-order valence-electron chi connectivity index (χ4n) is 3.30. The average Bonchev–Trinajstić information content (AvgIpc) is 2.86. The number of aliphatic hydroxyl groups excluding tert-OH is 1. The molecule has 0 bridgehead atoms. The minimum atomic E-state index is 0.0375. The molecule has 0 amide bonds. The first-order valence-corrected chi connectivity index (χ1v) is 13.1. The lowest BCUT2D eigenvalue weighted by Gasteiger charge is -2.09. The highest BCUT2D eigenvalue weighted by Gasteiger charge is 1.98. The standard InChI is InChI=1S/C27H48O7/c1-2-3-4-5-6-7-8-9-26-10-12-27(13-11-26)34-25-24-33-23-22-32-21-20-31-19-18-30-17-16-29-15-14-28/h10-13,28H,2-9,14-25H2,1H3. The van der Waals surface area contributed by atoms with Gasteiger partial charge < -0.3 is 33.5 Å². The molecule has 0 radical (unpaired) electrons. The third kappa shape index (κ3) is 20.2. The van der Waals surface area contributed by atoms with E-state index < -0.39 is 0 Å². The molecule has 0 aliphatic heterocycles. The fraction of sp³-hybridized carbons (Fsp3) is 0.778. The summed E-state index contributed by atoms with van der Waals surface area (Å²) in [6.45, 7) is 7.90. The number of hydrogen-bond acceptors (Lipinski definition) is 7. The highest BCUT2D eigenvalue weighted by molar-refractivity contribution is 5.27. The highest BCUT2D eigenvalue weighted by atomic mass is 16.6. The van der Waals surface area contributed by atoms with Gasteiger partial charge in [-0.05, 0) is 30.5 Å². The Morgan fingerprint density at radius 3 is 1.47 bits per heavy atom. The number of unbranched alkanes of at least 4 members (excludes halogenated alkanes) is 6. The lowest BCUT2D eigenvalue weighted by Crippen LogP contribution is -2.14. The lowest BCUT2D eigenvalue weighted by molar-refractivity contribution is -0.0146. The van der Waals surface area contributed by atoms with Gasteiger partial charge in [0, 0.05) is 0 Å². The molecule has 0 fully saturated rings. The molecular weight excluding hydrogens is 436 g/mol. The Bertz CT molecular complexity index is 524. The zero-order chi connectivity index (χ0) is 24.4. The van der Waals surface area contributed by atoms with Crippen molar-refractivity contribution in [2.75, 3.05) is 79.3 Å². The van der Waals surface area contributed by atoms with E-state index in [1.807, 2.05) is 0 Å².